The van der Waals surface area contributed by atoms with E-state index in [0.717, 1.165) is 4.57 Å². The van der Waals surface area contributed by atoms with Gasteiger partial charge in [-0.3, -0.25) is 19.1 Å². The van der Waals surface area contributed by atoms with Gasteiger partial charge in [0.25, 0.3) is 5.56 Å². The third-order valence-electron chi connectivity index (χ3n) is 2.85. The SMILES string of the molecule is CC(=O)O[C@@H]1C[C@@H](C(O)I)O[C@H]1n1ccc(=O)[nH]c1=O. The number of carbonyl (C=O) groups is 1. The Hall–Kier alpha value is -1.20. The van der Waals surface area contributed by atoms with Crippen molar-refractivity contribution < 1.29 is 19.4 Å². The second-order valence-corrected chi connectivity index (χ2v) is 5.61. The van der Waals surface area contributed by atoms with Crippen LogP contribution in [0.3, 0.4) is 0 Å². The van der Waals surface area contributed by atoms with Crippen LogP contribution in [-0.2, 0) is 14.3 Å². The maximum Gasteiger partial charge on any atom is 0.330 e. The highest BCUT2D eigenvalue weighted by molar-refractivity contribution is 14.1. The molecule has 0 spiro atoms. The summed E-state index contributed by atoms with van der Waals surface area (Å²) in [4.78, 5) is 36.0. The number of alkyl halides is 1. The normalized spacial score (nSPS) is 27.2. The molecule has 4 atom stereocenters. The van der Waals surface area contributed by atoms with Gasteiger partial charge in [-0.1, -0.05) is 0 Å². The van der Waals surface area contributed by atoms with Crippen LogP contribution in [0.4, 0.5) is 0 Å². The van der Waals surface area contributed by atoms with Gasteiger partial charge in [0, 0.05) is 25.6 Å². The van der Waals surface area contributed by atoms with Crippen LogP contribution in [0.5, 0.6) is 0 Å². The molecule has 9 heteroatoms. The molecule has 20 heavy (non-hydrogen) atoms. The number of rotatable bonds is 3. The van der Waals surface area contributed by atoms with Gasteiger partial charge in [-0.05, 0) is 22.6 Å². The van der Waals surface area contributed by atoms with E-state index in [9.17, 15) is 19.5 Å². The summed E-state index contributed by atoms with van der Waals surface area (Å²) < 4.78 is 11.0. The number of aromatic amines is 1. The molecule has 1 aromatic heterocycles. The predicted molar refractivity (Wildman–Crippen MR) is 75.4 cm³/mol. The van der Waals surface area contributed by atoms with Crippen molar-refractivity contribution in [2.45, 2.75) is 35.9 Å². The molecular formula is C11H13IN2O6. The Kier molecular flexibility index (Phi) is 4.60. The minimum absolute atomic E-state index is 0.264. The smallest absolute Gasteiger partial charge is 0.330 e. The van der Waals surface area contributed by atoms with Gasteiger partial charge >= 0.3 is 11.7 Å². The number of H-pyrrole nitrogens is 1. The molecular weight excluding hydrogens is 383 g/mol. The van der Waals surface area contributed by atoms with E-state index < -0.39 is 39.8 Å². The molecule has 2 heterocycles. The standard InChI is InChI=1S/C11H13IN2O6/c1-5(15)19-7-4-6(9(12)17)20-10(7)14-3-2-8(16)13-11(14)18/h2-3,6-7,9-10,17H,4H2,1H3,(H,13,16,18)/t6-,7+,9?,10+/m0/s1. The quantitative estimate of drug-likeness (QED) is 0.405. The first kappa shape index (κ1) is 15.2. The maximum atomic E-state index is 11.8. The Bertz CT molecular complexity index is 609. The Balaban J connectivity index is 2.33. The lowest BCUT2D eigenvalue weighted by atomic mass is 10.2. The number of hydrogen-bond donors (Lipinski definition) is 2. The van der Waals surface area contributed by atoms with Gasteiger partial charge in [-0.2, -0.15) is 0 Å². The first-order valence-electron chi connectivity index (χ1n) is 5.85. The Morgan fingerprint density at radius 1 is 1.65 bits per heavy atom. The number of carbonyl (C=O) groups excluding carboxylic acids is 1. The summed E-state index contributed by atoms with van der Waals surface area (Å²) >= 11 is 1.78. The van der Waals surface area contributed by atoms with Crippen LogP contribution in [0.15, 0.2) is 21.9 Å². The molecule has 2 rings (SSSR count). The Labute approximate surface area is 126 Å². The first-order chi connectivity index (χ1) is 9.38. The van der Waals surface area contributed by atoms with Crippen LogP contribution < -0.4 is 11.2 Å². The zero-order valence-corrected chi connectivity index (χ0v) is 12.6. The zero-order valence-electron chi connectivity index (χ0n) is 10.5. The summed E-state index contributed by atoms with van der Waals surface area (Å²) in [5, 5.41) is 9.56. The lowest BCUT2D eigenvalue weighted by molar-refractivity contribution is -0.152. The van der Waals surface area contributed by atoms with Crippen molar-refractivity contribution in [3.05, 3.63) is 33.1 Å². The lowest BCUT2D eigenvalue weighted by Crippen LogP contribution is -2.36. The van der Waals surface area contributed by atoms with Gasteiger partial charge in [0.1, 0.15) is 10.2 Å². The van der Waals surface area contributed by atoms with Crippen LogP contribution in [0, 0.1) is 0 Å². The molecule has 0 aromatic carbocycles. The molecule has 0 aliphatic carbocycles. The van der Waals surface area contributed by atoms with Crippen LogP contribution >= 0.6 is 22.6 Å². The summed E-state index contributed by atoms with van der Waals surface area (Å²) in [6.45, 7) is 1.25. The monoisotopic (exact) mass is 396 g/mol. The van der Waals surface area contributed by atoms with Crippen LogP contribution in [0.25, 0.3) is 0 Å². The molecule has 0 bridgehead atoms. The second-order valence-electron chi connectivity index (χ2n) is 4.34. The van der Waals surface area contributed by atoms with E-state index in [4.69, 9.17) is 9.47 Å². The van der Waals surface area contributed by atoms with Crippen molar-refractivity contribution in [2.24, 2.45) is 0 Å². The lowest BCUT2D eigenvalue weighted by Gasteiger charge is -2.20. The molecule has 8 nitrogen and oxygen atoms in total. The van der Waals surface area contributed by atoms with Crippen molar-refractivity contribution in [1.82, 2.24) is 9.55 Å². The number of ether oxygens (including phenoxy) is 2. The third-order valence-corrected chi connectivity index (χ3v) is 3.65. The van der Waals surface area contributed by atoms with Crippen molar-refractivity contribution >= 4 is 28.6 Å². The van der Waals surface area contributed by atoms with E-state index in [1.165, 1.54) is 19.2 Å². The topological polar surface area (TPSA) is 111 Å². The minimum atomic E-state index is -0.877. The van der Waals surface area contributed by atoms with Crippen LogP contribution in [0.2, 0.25) is 0 Å². The average molecular weight is 396 g/mol. The Morgan fingerprint density at radius 3 is 2.90 bits per heavy atom. The predicted octanol–water partition coefficient (Wildman–Crippen LogP) is -0.491. The number of hydrogen-bond acceptors (Lipinski definition) is 6. The summed E-state index contributed by atoms with van der Waals surface area (Å²) in [6.07, 6.45) is -0.614. The van der Waals surface area contributed by atoms with E-state index in [1.807, 2.05) is 0 Å². The maximum absolute atomic E-state index is 11.8. The average Bonchev–Trinajstić information content (AvgIpc) is 2.72. The van der Waals surface area contributed by atoms with Gasteiger partial charge < -0.3 is 14.6 Å². The molecule has 0 saturated carbocycles. The second kappa shape index (κ2) is 6.06. The van der Waals surface area contributed by atoms with E-state index >= 15 is 0 Å². The summed E-state index contributed by atoms with van der Waals surface area (Å²) in [6, 6.07) is 1.17. The molecule has 110 valence electrons. The molecule has 1 aromatic rings. The number of aliphatic hydroxyl groups excluding tert-OH is 1. The van der Waals surface area contributed by atoms with Crippen LogP contribution in [0.1, 0.15) is 19.6 Å². The first-order valence-corrected chi connectivity index (χ1v) is 7.09. The van der Waals surface area contributed by atoms with Crippen molar-refractivity contribution in [1.29, 1.82) is 0 Å². The fourth-order valence-corrected chi connectivity index (χ4v) is 2.50. The van der Waals surface area contributed by atoms with Gasteiger partial charge in [0.05, 0.1) is 6.10 Å². The van der Waals surface area contributed by atoms with Gasteiger partial charge in [-0.25, -0.2) is 4.79 Å². The molecule has 0 amide bonds. The third kappa shape index (κ3) is 3.27. The molecule has 1 aliphatic heterocycles. The summed E-state index contributed by atoms with van der Waals surface area (Å²) in [5.41, 5.74) is -1.19. The molecule has 1 aliphatic rings. The number of nitrogens with zero attached hydrogens (tertiary/aromatic N) is 1. The molecule has 2 N–H and O–H groups in total. The number of aromatic nitrogens is 2. The Morgan fingerprint density at radius 2 is 2.35 bits per heavy atom. The van der Waals surface area contributed by atoms with E-state index in [-0.39, 0.29) is 6.42 Å². The largest absolute Gasteiger partial charge is 0.458 e. The molecule has 1 unspecified atom stereocenters. The molecule has 0 radical (unpaired) electrons. The highest BCUT2D eigenvalue weighted by Gasteiger charge is 2.41. The summed E-state index contributed by atoms with van der Waals surface area (Å²) in [5.74, 6) is -0.510. The number of nitrogens with one attached hydrogen (secondary N) is 1. The van der Waals surface area contributed by atoms with Crippen molar-refractivity contribution in [2.75, 3.05) is 0 Å². The minimum Gasteiger partial charge on any atom is -0.458 e. The van der Waals surface area contributed by atoms with Gasteiger partial charge in [-0.15, -0.1) is 0 Å². The number of halogens is 1. The fraction of sp³-hybridized carbons (Fsp3) is 0.545. The summed E-state index contributed by atoms with van der Waals surface area (Å²) in [7, 11) is 0. The van der Waals surface area contributed by atoms with Crippen molar-refractivity contribution in [3.63, 3.8) is 0 Å². The van der Waals surface area contributed by atoms with E-state index in [1.54, 1.807) is 22.6 Å². The van der Waals surface area contributed by atoms with Gasteiger partial charge in [0.2, 0.25) is 0 Å². The fourth-order valence-electron chi connectivity index (χ4n) is 2.04. The molecule has 1 fully saturated rings. The molecule has 1 saturated heterocycles. The highest BCUT2D eigenvalue weighted by Crippen LogP contribution is 2.33. The van der Waals surface area contributed by atoms with Gasteiger partial charge in [0.15, 0.2) is 6.23 Å². The van der Waals surface area contributed by atoms with E-state index in [0.29, 0.717) is 0 Å². The van der Waals surface area contributed by atoms with Crippen LogP contribution in [-0.4, -0.2) is 36.9 Å². The number of esters is 1. The highest BCUT2D eigenvalue weighted by atomic mass is 127. The van der Waals surface area contributed by atoms with Crippen molar-refractivity contribution in [3.8, 4) is 0 Å². The number of aliphatic hydroxyl groups is 1. The zero-order chi connectivity index (χ0) is 14.9. The van der Waals surface area contributed by atoms with E-state index in [2.05, 4.69) is 4.98 Å².